The Kier molecular flexibility index (Phi) is 6.55. The molecule has 0 bridgehead atoms. The number of sulfonamides is 1. The van der Waals surface area contributed by atoms with Gasteiger partial charge in [0.25, 0.3) is 10.0 Å². The molecule has 2 aliphatic heterocycles. The number of hydrogen-bond acceptors (Lipinski definition) is 5. The lowest BCUT2D eigenvalue weighted by Crippen LogP contribution is -2.54. The van der Waals surface area contributed by atoms with Crippen LogP contribution in [0, 0.1) is 11.8 Å². The molecule has 1 aromatic rings. The normalized spacial score (nSPS) is 23.6. The van der Waals surface area contributed by atoms with Gasteiger partial charge in [0, 0.05) is 37.7 Å². The maximum atomic E-state index is 13.4. The largest absolute Gasteiger partial charge is 0.339 e. The minimum Gasteiger partial charge on any atom is -0.339 e. The molecule has 9 heteroatoms. The fourth-order valence-corrected chi connectivity index (χ4v) is 6.02. The number of piperazine rings is 1. The third-order valence-electron chi connectivity index (χ3n) is 6.97. The van der Waals surface area contributed by atoms with Crippen LogP contribution in [0.5, 0.6) is 0 Å². The molecule has 0 aromatic heterocycles. The van der Waals surface area contributed by atoms with Crippen LogP contribution in [-0.2, 0) is 19.6 Å². The van der Waals surface area contributed by atoms with Gasteiger partial charge in [-0.2, -0.15) is 0 Å². The van der Waals surface area contributed by atoms with E-state index in [2.05, 4.69) is 9.71 Å². The van der Waals surface area contributed by atoms with Crippen LogP contribution < -0.4 is 4.72 Å². The summed E-state index contributed by atoms with van der Waals surface area (Å²) in [5, 5.41) is 0. The molecule has 1 aliphatic carbocycles. The smallest absolute Gasteiger partial charge is 0.263 e. The molecular formula is C23H32N4O4S. The van der Waals surface area contributed by atoms with Crippen molar-refractivity contribution < 1.29 is 18.0 Å². The van der Waals surface area contributed by atoms with Crippen molar-refractivity contribution in [2.45, 2.75) is 56.9 Å². The van der Waals surface area contributed by atoms with Gasteiger partial charge in [0.1, 0.15) is 11.9 Å². The molecule has 4 rings (SSSR count). The Labute approximate surface area is 190 Å². The number of rotatable bonds is 5. The molecule has 1 aromatic carbocycles. The first-order valence-electron chi connectivity index (χ1n) is 11.6. The first-order chi connectivity index (χ1) is 15.3. The van der Waals surface area contributed by atoms with Crippen LogP contribution in [0.4, 0.5) is 0 Å². The van der Waals surface area contributed by atoms with Crippen LogP contribution in [0.25, 0.3) is 0 Å². The third-order valence-corrected chi connectivity index (χ3v) is 8.37. The molecule has 174 valence electrons. The quantitative estimate of drug-likeness (QED) is 0.726. The van der Waals surface area contributed by atoms with Crippen LogP contribution in [0.1, 0.15) is 51.5 Å². The van der Waals surface area contributed by atoms with E-state index in [9.17, 15) is 18.0 Å². The molecule has 0 unspecified atom stereocenters. The monoisotopic (exact) mass is 460 g/mol. The van der Waals surface area contributed by atoms with E-state index in [1.165, 1.54) is 0 Å². The fraction of sp³-hybridized carbons (Fsp3) is 0.609. The second kappa shape index (κ2) is 9.21. The third kappa shape index (κ3) is 4.40. The van der Waals surface area contributed by atoms with Crippen molar-refractivity contribution >= 4 is 27.7 Å². The summed E-state index contributed by atoms with van der Waals surface area (Å²) in [5.74, 6) is 0.445. The molecule has 0 spiro atoms. The number of carbonyl (C=O) groups is 2. The lowest BCUT2D eigenvalue weighted by Gasteiger charge is -2.37. The number of amidine groups is 1. The number of fused-ring (bicyclic) bond motifs is 1. The number of aliphatic imine (C=N–C) groups is 1. The van der Waals surface area contributed by atoms with Crippen LogP contribution in [0.15, 0.2) is 34.2 Å². The zero-order valence-corrected chi connectivity index (χ0v) is 19.6. The van der Waals surface area contributed by atoms with Crippen LogP contribution in [0.3, 0.4) is 0 Å². The van der Waals surface area contributed by atoms with E-state index in [1.54, 1.807) is 29.2 Å². The summed E-state index contributed by atoms with van der Waals surface area (Å²) < 4.78 is 27.4. The molecule has 8 nitrogen and oxygen atoms in total. The molecule has 1 N–H and O–H groups in total. The Bertz CT molecular complexity index is 1010. The van der Waals surface area contributed by atoms with E-state index in [-0.39, 0.29) is 34.4 Å². The van der Waals surface area contributed by atoms with Gasteiger partial charge >= 0.3 is 0 Å². The van der Waals surface area contributed by atoms with Gasteiger partial charge in [-0.25, -0.2) is 8.42 Å². The Morgan fingerprint density at radius 3 is 2.38 bits per heavy atom. The molecule has 32 heavy (non-hydrogen) atoms. The van der Waals surface area contributed by atoms with Gasteiger partial charge < -0.3 is 9.80 Å². The first kappa shape index (κ1) is 22.8. The van der Waals surface area contributed by atoms with Gasteiger partial charge in [-0.1, -0.05) is 45.2 Å². The number of hydrogen-bond donors (Lipinski definition) is 1. The average Bonchev–Trinajstić information content (AvgIpc) is 3.43. The Morgan fingerprint density at radius 1 is 1.09 bits per heavy atom. The van der Waals surface area contributed by atoms with Crippen molar-refractivity contribution in [2.75, 3.05) is 26.2 Å². The molecule has 1 saturated carbocycles. The zero-order valence-electron chi connectivity index (χ0n) is 18.8. The van der Waals surface area contributed by atoms with Crippen LogP contribution in [-0.4, -0.2) is 68.1 Å². The van der Waals surface area contributed by atoms with E-state index in [4.69, 9.17) is 0 Å². The number of benzene rings is 1. The van der Waals surface area contributed by atoms with Crippen molar-refractivity contribution in [2.24, 2.45) is 16.8 Å². The Balaban J connectivity index is 1.49. The molecule has 2 fully saturated rings. The number of carbonyl (C=O) groups excluding carboxylic acids is 2. The molecular weight excluding hydrogens is 428 g/mol. The molecule has 2 atom stereocenters. The van der Waals surface area contributed by atoms with E-state index >= 15 is 0 Å². The van der Waals surface area contributed by atoms with Gasteiger partial charge in [0.15, 0.2) is 0 Å². The highest BCUT2D eigenvalue weighted by Crippen LogP contribution is 2.28. The van der Waals surface area contributed by atoms with Gasteiger partial charge in [0.2, 0.25) is 11.8 Å². The van der Waals surface area contributed by atoms with E-state index in [1.807, 2.05) is 18.7 Å². The highest BCUT2D eigenvalue weighted by Gasteiger charge is 2.36. The summed E-state index contributed by atoms with van der Waals surface area (Å²) in [6.07, 6.45) is 4.94. The predicted molar refractivity (Wildman–Crippen MR) is 122 cm³/mol. The van der Waals surface area contributed by atoms with Crippen molar-refractivity contribution in [1.29, 1.82) is 0 Å². The van der Waals surface area contributed by atoms with Crippen molar-refractivity contribution in [3.63, 3.8) is 0 Å². The fourth-order valence-electron chi connectivity index (χ4n) is 4.78. The molecule has 3 aliphatic rings. The summed E-state index contributed by atoms with van der Waals surface area (Å²) in [4.78, 5) is 34.6. The number of nitrogens with one attached hydrogen (secondary N) is 1. The van der Waals surface area contributed by atoms with E-state index in [0.717, 1.165) is 32.1 Å². The maximum Gasteiger partial charge on any atom is 0.263 e. The number of amides is 2. The Hall–Kier alpha value is -2.42. The van der Waals surface area contributed by atoms with Crippen molar-refractivity contribution in [3.8, 4) is 0 Å². The second-order valence-corrected chi connectivity index (χ2v) is 10.7. The van der Waals surface area contributed by atoms with Crippen molar-refractivity contribution in [3.05, 3.63) is 29.8 Å². The molecule has 1 saturated heterocycles. The lowest BCUT2D eigenvalue weighted by molar-refractivity contribution is -0.143. The summed E-state index contributed by atoms with van der Waals surface area (Å²) in [5.41, 5.74) is 0.501. The lowest BCUT2D eigenvalue weighted by atomic mass is 9.97. The average molecular weight is 461 g/mol. The minimum absolute atomic E-state index is 0.0505. The van der Waals surface area contributed by atoms with Gasteiger partial charge in [-0.15, -0.1) is 0 Å². The maximum absolute atomic E-state index is 13.4. The molecule has 0 radical (unpaired) electrons. The summed E-state index contributed by atoms with van der Waals surface area (Å²) in [7, 11) is -3.66. The number of nitrogens with zero attached hydrogens (tertiary/aromatic N) is 3. The summed E-state index contributed by atoms with van der Waals surface area (Å²) in [6, 6.07) is 6.00. The van der Waals surface area contributed by atoms with Gasteiger partial charge in [0.05, 0.1) is 4.90 Å². The summed E-state index contributed by atoms with van der Waals surface area (Å²) >= 11 is 0. The zero-order chi connectivity index (χ0) is 22.9. The van der Waals surface area contributed by atoms with Crippen molar-refractivity contribution in [1.82, 2.24) is 14.5 Å². The summed E-state index contributed by atoms with van der Waals surface area (Å²) in [6.45, 7) is 6.01. The van der Waals surface area contributed by atoms with E-state index < -0.39 is 16.1 Å². The molecule has 2 heterocycles. The minimum atomic E-state index is -3.66. The van der Waals surface area contributed by atoms with E-state index in [0.29, 0.717) is 31.7 Å². The highest BCUT2D eigenvalue weighted by atomic mass is 32.2. The first-order valence-corrected chi connectivity index (χ1v) is 13.1. The SMILES string of the molecule is CC[C@H](C)[C@H](N=C1NS(=O)(=O)c2ccccc21)C(=O)N1CCN(C(=O)C2CCCC2)CC1. The molecule has 2 amide bonds. The van der Waals surface area contributed by atoms with Gasteiger partial charge in [-0.3, -0.25) is 19.3 Å². The second-order valence-electron chi connectivity index (χ2n) is 9.04. The predicted octanol–water partition coefficient (Wildman–Crippen LogP) is 2.00. The van der Waals surface area contributed by atoms with Gasteiger partial charge in [-0.05, 0) is 30.9 Å². The van der Waals surface area contributed by atoms with Crippen LogP contribution >= 0.6 is 0 Å². The standard InChI is InChI=1S/C23H32N4O4S/c1-3-16(2)20(24-21-18-10-6-7-11-19(18)32(30,31)25-21)23(29)27-14-12-26(13-15-27)22(28)17-8-4-5-9-17/h6-7,10-11,16-17,20H,3-5,8-9,12-15H2,1-2H3,(H,24,25)/t16-,20-/m0/s1. The van der Waals surface area contributed by atoms with Crippen LogP contribution in [0.2, 0.25) is 0 Å². The topological polar surface area (TPSA) is 99.1 Å². The Morgan fingerprint density at radius 2 is 1.72 bits per heavy atom. The highest BCUT2D eigenvalue weighted by molar-refractivity contribution is 7.90.